The van der Waals surface area contributed by atoms with E-state index in [9.17, 15) is 34.5 Å². The fourth-order valence-electron chi connectivity index (χ4n) is 8.42. The predicted octanol–water partition coefficient (Wildman–Crippen LogP) is 15.1. The molecule has 0 aromatic rings. The van der Waals surface area contributed by atoms with Gasteiger partial charge in [-0.15, -0.1) is 0 Å². The Kier molecular flexibility index (Phi) is 46.6. The van der Waals surface area contributed by atoms with Crippen LogP contribution >= 0.6 is 0 Å². The molecule has 1 aliphatic rings. The molecule has 1 rings (SSSR count). The van der Waals surface area contributed by atoms with Crippen molar-refractivity contribution >= 4 is 23.9 Å². The quantitative estimate of drug-likeness (QED) is 0.0228. The van der Waals surface area contributed by atoms with E-state index in [0.717, 1.165) is 109 Å². The molecule has 75 heavy (non-hydrogen) atoms. The summed E-state index contributed by atoms with van der Waals surface area (Å²) >= 11 is 0. The lowest BCUT2D eigenvalue weighted by Crippen LogP contribution is -2.61. The molecule has 1 heterocycles. The van der Waals surface area contributed by atoms with Crippen LogP contribution < -0.4 is 0 Å². The Labute approximate surface area is 454 Å². The molecule has 0 aliphatic carbocycles. The number of ether oxygens (including phenoxy) is 5. The second kappa shape index (κ2) is 50.7. The molecule has 1 fully saturated rings. The number of carbonyl (C=O) groups excluding carboxylic acids is 3. The number of hydrogen-bond acceptors (Lipinski definition) is 11. The summed E-state index contributed by atoms with van der Waals surface area (Å²) in [6.07, 6.45) is 52.7. The lowest BCUT2D eigenvalue weighted by atomic mass is 9.98. The van der Waals surface area contributed by atoms with Gasteiger partial charge in [0.15, 0.2) is 24.6 Å². The molecule has 0 aromatic carbocycles. The fraction of sp³-hybridized carbons (Fsp3) is 0.714. The van der Waals surface area contributed by atoms with Crippen LogP contribution in [0.5, 0.6) is 0 Å². The number of carbonyl (C=O) groups is 4. The van der Waals surface area contributed by atoms with E-state index in [1.54, 1.807) is 0 Å². The lowest BCUT2D eigenvalue weighted by molar-refractivity contribution is -0.301. The zero-order chi connectivity index (χ0) is 54.7. The van der Waals surface area contributed by atoms with Gasteiger partial charge in [-0.2, -0.15) is 0 Å². The first kappa shape index (κ1) is 68.9. The van der Waals surface area contributed by atoms with E-state index in [1.807, 2.05) is 0 Å². The Bertz CT molecular complexity index is 1630. The van der Waals surface area contributed by atoms with Crippen LogP contribution in [0.25, 0.3) is 0 Å². The third kappa shape index (κ3) is 40.8. The summed E-state index contributed by atoms with van der Waals surface area (Å²) in [6.45, 7) is 5.80. The molecule has 12 heteroatoms. The minimum absolute atomic E-state index is 0.0397. The third-order valence-electron chi connectivity index (χ3n) is 13.0. The first-order valence-electron chi connectivity index (χ1n) is 29.6. The van der Waals surface area contributed by atoms with E-state index >= 15 is 0 Å². The highest BCUT2D eigenvalue weighted by molar-refractivity contribution is 5.74. The average Bonchev–Trinajstić information content (AvgIpc) is 3.39. The van der Waals surface area contributed by atoms with E-state index < -0.39 is 67.3 Å². The van der Waals surface area contributed by atoms with Crippen LogP contribution in [0, 0.1) is 0 Å². The second-order valence-electron chi connectivity index (χ2n) is 19.9. The molecule has 3 N–H and O–H groups in total. The van der Waals surface area contributed by atoms with Crippen molar-refractivity contribution in [2.24, 2.45) is 0 Å². The number of unbranched alkanes of at least 4 members (excludes halogenated alkanes) is 21. The van der Waals surface area contributed by atoms with E-state index in [2.05, 4.69) is 106 Å². The van der Waals surface area contributed by atoms with E-state index in [0.29, 0.717) is 19.3 Å². The van der Waals surface area contributed by atoms with Gasteiger partial charge in [0.25, 0.3) is 0 Å². The average molecular weight is 1050 g/mol. The number of aliphatic carboxylic acids is 1. The van der Waals surface area contributed by atoms with E-state index in [1.165, 1.54) is 70.6 Å². The zero-order valence-corrected chi connectivity index (χ0v) is 47.0. The number of hydrogen-bond donors (Lipinski definition) is 3. The monoisotopic (exact) mass is 1050 g/mol. The Morgan fingerprint density at radius 2 is 0.840 bits per heavy atom. The summed E-state index contributed by atoms with van der Waals surface area (Å²) in [6, 6.07) is 0. The third-order valence-corrected chi connectivity index (χ3v) is 13.0. The summed E-state index contributed by atoms with van der Waals surface area (Å²) in [7, 11) is 0. The standard InChI is InChI=1S/C63H104O12/c1-4-7-10-13-16-19-22-24-26-27-28-29-31-33-36-39-42-45-48-51-57(66)74-61-59(68)58(67)60(62(69)70)75-63(61)72-53-54(73-56(65)50-47-44-41-38-34-21-18-15-12-9-6-3)52-71-55(64)49-46-43-40-37-35-32-30-25-23-20-17-14-11-8-5-2/h8,11,16-17,19-20,24-26,28-30,35,37,54,58-61,63,67-68H,4-7,9-10,12-15,18,21-23,27,31-34,36,38-53H2,1-3H3,(H,69,70)/b11-8-,19-16-,20-17-,26-24-,29-28-,30-25-,37-35-. The van der Waals surface area contributed by atoms with Crippen LogP contribution in [0.2, 0.25) is 0 Å². The molecule has 1 aliphatic heterocycles. The molecule has 0 spiro atoms. The molecule has 12 nitrogen and oxygen atoms in total. The molecule has 0 aromatic heterocycles. The highest BCUT2D eigenvalue weighted by atomic mass is 16.7. The maximum Gasteiger partial charge on any atom is 0.335 e. The smallest absolute Gasteiger partial charge is 0.335 e. The number of aliphatic hydroxyl groups excluding tert-OH is 2. The van der Waals surface area contributed by atoms with Gasteiger partial charge < -0.3 is 39.0 Å². The summed E-state index contributed by atoms with van der Waals surface area (Å²) in [5, 5.41) is 31.5. The number of carboxylic acid groups (broad SMARTS) is 1. The van der Waals surface area contributed by atoms with Crippen LogP contribution in [-0.2, 0) is 42.9 Å². The van der Waals surface area contributed by atoms with Crippen molar-refractivity contribution < 1.29 is 58.2 Å². The highest BCUT2D eigenvalue weighted by Crippen LogP contribution is 2.26. The van der Waals surface area contributed by atoms with E-state index in [4.69, 9.17) is 23.7 Å². The van der Waals surface area contributed by atoms with Gasteiger partial charge >= 0.3 is 23.9 Å². The van der Waals surface area contributed by atoms with Crippen molar-refractivity contribution in [1.29, 1.82) is 0 Å². The van der Waals surface area contributed by atoms with Gasteiger partial charge in [-0.1, -0.05) is 209 Å². The predicted molar refractivity (Wildman–Crippen MR) is 303 cm³/mol. The van der Waals surface area contributed by atoms with Crippen molar-refractivity contribution in [3.05, 3.63) is 85.1 Å². The summed E-state index contributed by atoms with van der Waals surface area (Å²) in [5.41, 5.74) is 0. The van der Waals surface area contributed by atoms with Gasteiger partial charge in [-0.05, 0) is 96.3 Å². The van der Waals surface area contributed by atoms with Crippen molar-refractivity contribution in [2.45, 2.75) is 276 Å². The van der Waals surface area contributed by atoms with Crippen molar-refractivity contribution in [1.82, 2.24) is 0 Å². The number of rotatable bonds is 49. The number of esters is 3. The van der Waals surface area contributed by atoms with Gasteiger partial charge in [0.2, 0.25) is 0 Å². The topological polar surface area (TPSA) is 175 Å². The van der Waals surface area contributed by atoms with Gasteiger partial charge in [-0.3, -0.25) is 14.4 Å². The molecular weight excluding hydrogens is 949 g/mol. The van der Waals surface area contributed by atoms with Gasteiger partial charge in [0, 0.05) is 19.3 Å². The number of aliphatic hydroxyl groups is 2. The minimum Gasteiger partial charge on any atom is -0.479 e. The summed E-state index contributed by atoms with van der Waals surface area (Å²) in [5.74, 6) is -3.19. The Morgan fingerprint density at radius 1 is 0.453 bits per heavy atom. The molecule has 0 radical (unpaired) electrons. The molecule has 6 unspecified atom stereocenters. The summed E-state index contributed by atoms with van der Waals surface area (Å²) < 4.78 is 28.4. The second-order valence-corrected chi connectivity index (χ2v) is 19.9. The highest BCUT2D eigenvalue weighted by Gasteiger charge is 2.50. The van der Waals surface area contributed by atoms with Gasteiger partial charge in [-0.25, -0.2) is 4.79 Å². The Morgan fingerprint density at radius 3 is 1.33 bits per heavy atom. The molecule has 1 saturated heterocycles. The fourth-order valence-corrected chi connectivity index (χ4v) is 8.42. The molecular formula is C63H104O12. The zero-order valence-electron chi connectivity index (χ0n) is 47.0. The van der Waals surface area contributed by atoms with E-state index in [-0.39, 0.29) is 25.9 Å². The molecule has 0 saturated carbocycles. The van der Waals surface area contributed by atoms with Crippen molar-refractivity contribution in [3.8, 4) is 0 Å². The molecule has 428 valence electrons. The Balaban J connectivity index is 2.70. The van der Waals surface area contributed by atoms with Crippen LogP contribution in [0.15, 0.2) is 85.1 Å². The van der Waals surface area contributed by atoms with Crippen LogP contribution in [0.4, 0.5) is 0 Å². The summed E-state index contributed by atoms with van der Waals surface area (Å²) in [4.78, 5) is 51.1. The van der Waals surface area contributed by atoms with Crippen molar-refractivity contribution in [2.75, 3.05) is 13.2 Å². The molecule has 6 atom stereocenters. The number of allylic oxidation sites excluding steroid dienone is 14. The minimum atomic E-state index is -1.91. The van der Waals surface area contributed by atoms with Gasteiger partial charge in [0.1, 0.15) is 18.8 Å². The molecule has 0 bridgehead atoms. The van der Waals surface area contributed by atoms with Crippen LogP contribution in [-0.4, -0.2) is 89.2 Å². The molecule has 0 amide bonds. The van der Waals surface area contributed by atoms with Crippen LogP contribution in [0.1, 0.15) is 239 Å². The van der Waals surface area contributed by atoms with Crippen LogP contribution in [0.3, 0.4) is 0 Å². The first-order valence-corrected chi connectivity index (χ1v) is 29.6. The Hall–Kier alpha value is -4.10. The van der Waals surface area contributed by atoms with Gasteiger partial charge in [0.05, 0.1) is 6.61 Å². The normalized spacial score (nSPS) is 18.8. The maximum atomic E-state index is 13.1. The maximum absolute atomic E-state index is 13.1. The SMILES string of the molecule is CC/C=C\C/C=C\C/C=C\C/C=C\CCCCC(=O)OCC(COC1OC(C(=O)O)C(O)C(O)C1OC(=O)CCCCCCCC/C=C\C/C=C\C/C=C\CCCCC)OC(=O)CCCCCCCCCCCCC. The first-order chi connectivity index (χ1) is 36.6. The lowest BCUT2D eigenvalue weighted by Gasteiger charge is -2.40. The number of carboxylic acids is 1. The van der Waals surface area contributed by atoms with Crippen molar-refractivity contribution in [3.63, 3.8) is 0 Å². The largest absolute Gasteiger partial charge is 0.479 e.